The lowest BCUT2D eigenvalue weighted by molar-refractivity contribution is 0.0688. The van der Waals surface area contributed by atoms with Gasteiger partial charge in [0.25, 0.3) is 0 Å². The van der Waals surface area contributed by atoms with Crippen molar-refractivity contribution in [2.24, 2.45) is 0 Å². The van der Waals surface area contributed by atoms with E-state index < -0.39 is 11.9 Å². The van der Waals surface area contributed by atoms with E-state index in [-0.39, 0.29) is 11.1 Å². The van der Waals surface area contributed by atoms with Crippen molar-refractivity contribution in [2.75, 3.05) is 0 Å². The molecule has 0 amide bonds. The molecule has 0 saturated heterocycles. The molecule has 4 rings (SSSR count). The van der Waals surface area contributed by atoms with E-state index in [1.165, 1.54) is 6.07 Å². The van der Waals surface area contributed by atoms with Crippen molar-refractivity contribution in [3.8, 4) is 22.4 Å². The van der Waals surface area contributed by atoms with Gasteiger partial charge in [0.2, 0.25) is 0 Å². The molecule has 0 unspecified atom stereocenters. The molecule has 0 bridgehead atoms. The monoisotopic (exact) mass is 357 g/mol. The molecule has 0 aliphatic rings. The van der Waals surface area contributed by atoms with Gasteiger partial charge in [-0.15, -0.1) is 0 Å². The van der Waals surface area contributed by atoms with Crippen LogP contribution in [-0.2, 0) is 0 Å². The largest absolute Gasteiger partial charge is 0.478 e. The molecule has 4 aromatic rings. The molecular formula is C22H15NO4. The van der Waals surface area contributed by atoms with Crippen LogP contribution in [0.2, 0.25) is 0 Å². The first-order chi connectivity index (χ1) is 13.1. The highest BCUT2D eigenvalue weighted by molar-refractivity contribution is 6.15. The first kappa shape index (κ1) is 16.6. The maximum atomic E-state index is 12.1. The molecule has 0 saturated carbocycles. The zero-order valence-corrected chi connectivity index (χ0v) is 14.1. The number of rotatable bonds is 4. The van der Waals surface area contributed by atoms with Gasteiger partial charge in [-0.05, 0) is 28.8 Å². The van der Waals surface area contributed by atoms with Crippen LogP contribution in [-0.4, -0.2) is 27.1 Å². The minimum Gasteiger partial charge on any atom is -0.478 e. The van der Waals surface area contributed by atoms with Gasteiger partial charge >= 0.3 is 11.9 Å². The van der Waals surface area contributed by atoms with Gasteiger partial charge < -0.3 is 15.2 Å². The summed E-state index contributed by atoms with van der Waals surface area (Å²) in [6, 6.07) is 21.1. The normalized spacial score (nSPS) is 10.8. The summed E-state index contributed by atoms with van der Waals surface area (Å²) < 4.78 is 0. The van der Waals surface area contributed by atoms with Gasteiger partial charge in [0.15, 0.2) is 0 Å². The highest BCUT2D eigenvalue weighted by atomic mass is 16.4. The summed E-state index contributed by atoms with van der Waals surface area (Å²) in [5.41, 5.74) is 3.21. The van der Waals surface area contributed by atoms with Crippen molar-refractivity contribution >= 4 is 22.8 Å². The highest BCUT2D eigenvalue weighted by Gasteiger charge is 2.23. The van der Waals surface area contributed by atoms with Crippen molar-refractivity contribution < 1.29 is 19.8 Å². The number of hydrogen-bond acceptors (Lipinski definition) is 2. The van der Waals surface area contributed by atoms with E-state index in [0.29, 0.717) is 27.7 Å². The van der Waals surface area contributed by atoms with Crippen LogP contribution in [0.1, 0.15) is 20.7 Å². The molecule has 0 radical (unpaired) electrons. The number of aromatic nitrogens is 1. The Morgan fingerprint density at radius 3 is 2.07 bits per heavy atom. The van der Waals surface area contributed by atoms with E-state index >= 15 is 0 Å². The second-order valence-electron chi connectivity index (χ2n) is 6.13. The van der Waals surface area contributed by atoms with Gasteiger partial charge in [-0.2, -0.15) is 0 Å². The fourth-order valence-electron chi connectivity index (χ4n) is 3.41. The summed E-state index contributed by atoms with van der Waals surface area (Å²) in [7, 11) is 0. The van der Waals surface area contributed by atoms with Crippen LogP contribution in [0, 0.1) is 0 Å². The standard InChI is InChI=1S/C22H15NO4/c24-21(25)16-10-5-4-9-14(16)15-11-6-12-17-18(15)19(22(26)27)20(23-17)13-7-2-1-3-8-13/h1-12,23H,(H,24,25)(H,26,27). The highest BCUT2D eigenvalue weighted by Crippen LogP contribution is 2.38. The molecule has 0 aliphatic carbocycles. The summed E-state index contributed by atoms with van der Waals surface area (Å²) >= 11 is 0. The van der Waals surface area contributed by atoms with Gasteiger partial charge in [0.1, 0.15) is 0 Å². The van der Waals surface area contributed by atoms with Crippen molar-refractivity contribution in [1.82, 2.24) is 4.98 Å². The Morgan fingerprint density at radius 1 is 0.704 bits per heavy atom. The first-order valence-corrected chi connectivity index (χ1v) is 8.34. The molecule has 132 valence electrons. The lowest BCUT2D eigenvalue weighted by Crippen LogP contribution is -2.01. The zero-order valence-electron chi connectivity index (χ0n) is 14.1. The predicted molar refractivity (Wildman–Crippen MR) is 103 cm³/mol. The second kappa shape index (κ2) is 6.46. The third-order valence-electron chi connectivity index (χ3n) is 4.55. The minimum absolute atomic E-state index is 0.129. The Morgan fingerprint density at radius 2 is 1.37 bits per heavy atom. The summed E-state index contributed by atoms with van der Waals surface area (Å²) in [4.78, 5) is 27.0. The Balaban J connectivity index is 2.10. The van der Waals surface area contributed by atoms with E-state index in [1.807, 2.05) is 30.3 Å². The van der Waals surface area contributed by atoms with E-state index in [0.717, 1.165) is 5.56 Å². The summed E-state index contributed by atoms with van der Waals surface area (Å²) in [6.07, 6.45) is 0. The zero-order chi connectivity index (χ0) is 19.0. The van der Waals surface area contributed by atoms with E-state index in [2.05, 4.69) is 4.98 Å². The number of aromatic amines is 1. The number of fused-ring (bicyclic) bond motifs is 1. The quantitative estimate of drug-likeness (QED) is 0.484. The lowest BCUT2D eigenvalue weighted by atomic mass is 9.94. The summed E-state index contributed by atoms with van der Waals surface area (Å²) in [6.45, 7) is 0. The molecule has 0 atom stereocenters. The van der Waals surface area contributed by atoms with Crippen molar-refractivity contribution in [1.29, 1.82) is 0 Å². The number of benzene rings is 3. The van der Waals surface area contributed by atoms with Crippen LogP contribution < -0.4 is 0 Å². The average molecular weight is 357 g/mol. The topological polar surface area (TPSA) is 90.4 Å². The molecule has 5 nitrogen and oxygen atoms in total. The Bertz CT molecular complexity index is 1180. The molecule has 0 spiro atoms. The number of H-pyrrole nitrogens is 1. The van der Waals surface area contributed by atoms with Gasteiger partial charge in [-0.3, -0.25) is 0 Å². The van der Waals surface area contributed by atoms with Gasteiger partial charge in [0, 0.05) is 10.9 Å². The Hall–Kier alpha value is -3.86. The third kappa shape index (κ3) is 2.75. The van der Waals surface area contributed by atoms with Crippen LogP contribution in [0.25, 0.3) is 33.3 Å². The van der Waals surface area contributed by atoms with E-state index in [4.69, 9.17) is 0 Å². The molecule has 1 heterocycles. The first-order valence-electron chi connectivity index (χ1n) is 8.34. The van der Waals surface area contributed by atoms with E-state index in [9.17, 15) is 19.8 Å². The third-order valence-corrected chi connectivity index (χ3v) is 4.55. The van der Waals surface area contributed by atoms with Crippen LogP contribution >= 0.6 is 0 Å². The van der Waals surface area contributed by atoms with Crippen LogP contribution in [0.5, 0.6) is 0 Å². The van der Waals surface area contributed by atoms with E-state index in [1.54, 1.807) is 36.4 Å². The minimum atomic E-state index is -1.07. The van der Waals surface area contributed by atoms with Gasteiger partial charge in [-0.1, -0.05) is 60.7 Å². The molecule has 5 heteroatoms. The fraction of sp³-hybridized carbons (Fsp3) is 0. The Labute approximate surface area is 154 Å². The van der Waals surface area contributed by atoms with Crippen LogP contribution in [0.15, 0.2) is 72.8 Å². The maximum absolute atomic E-state index is 12.1. The maximum Gasteiger partial charge on any atom is 0.338 e. The summed E-state index contributed by atoms with van der Waals surface area (Å²) in [5.74, 6) is -2.13. The Kier molecular flexibility index (Phi) is 3.97. The van der Waals surface area contributed by atoms with Gasteiger partial charge in [0.05, 0.1) is 16.8 Å². The average Bonchev–Trinajstić information content (AvgIpc) is 3.08. The lowest BCUT2D eigenvalue weighted by Gasteiger charge is -2.09. The van der Waals surface area contributed by atoms with Crippen molar-refractivity contribution in [3.63, 3.8) is 0 Å². The fourth-order valence-corrected chi connectivity index (χ4v) is 3.41. The molecule has 0 fully saturated rings. The predicted octanol–water partition coefficient (Wildman–Crippen LogP) is 4.90. The van der Waals surface area contributed by atoms with Crippen LogP contribution in [0.4, 0.5) is 0 Å². The number of hydrogen-bond donors (Lipinski definition) is 3. The second-order valence-corrected chi connectivity index (χ2v) is 6.13. The molecule has 27 heavy (non-hydrogen) atoms. The smallest absolute Gasteiger partial charge is 0.338 e. The molecule has 3 aromatic carbocycles. The van der Waals surface area contributed by atoms with Crippen molar-refractivity contribution in [2.45, 2.75) is 0 Å². The number of aromatic carboxylic acids is 2. The van der Waals surface area contributed by atoms with Crippen molar-refractivity contribution in [3.05, 3.63) is 83.9 Å². The SMILES string of the molecule is O=C(O)c1ccccc1-c1cccc2[nH]c(-c3ccccc3)c(C(=O)O)c12. The summed E-state index contributed by atoms with van der Waals surface area (Å²) in [5, 5.41) is 20.0. The van der Waals surface area contributed by atoms with Gasteiger partial charge in [-0.25, -0.2) is 9.59 Å². The molecular weight excluding hydrogens is 342 g/mol. The molecule has 3 N–H and O–H groups in total. The number of carboxylic acids is 2. The number of carboxylic acid groups (broad SMARTS) is 2. The van der Waals surface area contributed by atoms with Crippen LogP contribution in [0.3, 0.4) is 0 Å². The number of nitrogens with one attached hydrogen (secondary N) is 1. The number of carbonyl (C=O) groups is 2. The molecule has 1 aromatic heterocycles. The molecule has 0 aliphatic heterocycles.